The molecule has 0 saturated carbocycles. The van der Waals surface area contributed by atoms with Crippen molar-refractivity contribution in [3.63, 3.8) is 0 Å². The van der Waals surface area contributed by atoms with Gasteiger partial charge in [-0.05, 0) is 48.4 Å². The molecule has 0 spiro atoms. The maximum atomic E-state index is 11.5. The lowest BCUT2D eigenvalue weighted by Gasteiger charge is -2.07. The summed E-state index contributed by atoms with van der Waals surface area (Å²) in [6.07, 6.45) is 1.51. The number of Topliss-reactive ketones (excluding diaryl/α,β-unsaturated/α-hetero) is 1. The second kappa shape index (κ2) is 6.19. The van der Waals surface area contributed by atoms with E-state index in [0.29, 0.717) is 6.42 Å². The van der Waals surface area contributed by atoms with E-state index in [9.17, 15) is 4.79 Å². The monoisotopic (exact) mass is 254 g/mol. The van der Waals surface area contributed by atoms with Gasteiger partial charge in [0.15, 0.2) is 5.78 Å². The molecule has 2 aromatic rings. The van der Waals surface area contributed by atoms with E-state index in [1.54, 1.807) is 0 Å². The van der Waals surface area contributed by atoms with Crippen LogP contribution < -0.4 is 4.74 Å². The first kappa shape index (κ1) is 13.3. The Kier molecular flexibility index (Phi) is 4.35. The average molecular weight is 254 g/mol. The summed E-state index contributed by atoms with van der Waals surface area (Å²) in [7, 11) is 0. The minimum Gasteiger partial charge on any atom is -0.457 e. The molecule has 0 unspecified atom stereocenters. The van der Waals surface area contributed by atoms with Gasteiger partial charge in [-0.3, -0.25) is 4.79 Å². The van der Waals surface area contributed by atoms with E-state index >= 15 is 0 Å². The molecule has 2 nitrogen and oxygen atoms in total. The first-order chi connectivity index (χ1) is 9.22. The number of carbonyl (C=O) groups excluding carboxylic acids is 1. The lowest BCUT2D eigenvalue weighted by atomic mass is 10.1. The highest BCUT2D eigenvalue weighted by Gasteiger charge is 2.03. The molecule has 2 rings (SSSR count). The third-order valence-electron chi connectivity index (χ3n) is 3.04. The summed E-state index contributed by atoms with van der Waals surface area (Å²) in [6.45, 7) is 3.98. The van der Waals surface area contributed by atoms with Gasteiger partial charge in [0.05, 0.1) is 0 Å². The summed E-state index contributed by atoms with van der Waals surface area (Å²) >= 11 is 0. The van der Waals surface area contributed by atoms with Crippen molar-refractivity contribution >= 4 is 5.78 Å². The van der Waals surface area contributed by atoms with E-state index in [0.717, 1.165) is 23.5 Å². The average Bonchev–Trinajstić information content (AvgIpc) is 2.47. The van der Waals surface area contributed by atoms with E-state index in [4.69, 9.17) is 4.74 Å². The van der Waals surface area contributed by atoms with Gasteiger partial charge in [0.25, 0.3) is 0 Å². The van der Waals surface area contributed by atoms with Gasteiger partial charge in [-0.15, -0.1) is 0 Å². The predicted octanol–water partition coefficient (Wildman–Crippen LogP) is 4.63. The second-order valence-corrected chi connectivity index (χ2v) is 4.40. The molecule has 0 radical (unpaired) electrons. The predicted molar refractivity (Wildman–Crippen MR) is 77.0 cm³/mol. The molecule has 2 heteroatoms. The smallest absolute Gasteiger partial charge is 0.162 e. The SMILES string of the molecule is CCC(=O)c1ccc(Oc2cccc(CC)c2)cc1. The molecular weight excluding hydrogens is 236 g/mol. The topological polar surface area (TPSA) is 26.3 Å². The van der Waals surface area contributed by atoms with E-state index in [1.165, 1.54) is 5.56 Å². The van der Waals surface area contributed by atoms with Gasteiger partial charge >= 0.3 is 0 Å². The fraction of sp³-hybridized carbons (Fsp3) is 0.235. The van der Waals surface area contributed by atoms with Gasteiger partial charge in [0, 0.05) is 12.0 Å². The van der Waals surface area contributed by atoms with Gasteiger partial charge < -0.3 is 4.74 Å². The third-order valence-corrected chi connectivity index (χ3v) is 3.04. The van der Waals surface area contributed by atoms with Crippen LogP contribution in [0.2, 0.25) is 0 Å². The van der Waals surface area contributed by atoms with Crippen LogP contribution in [0, 0.1) is 0 Å². The van der Waals surface area contributed by atoms with E-state index in [1.807, 2.05) is 49.4 Å². The number of hydrogen-bond acceptors (Lipinski definition) is 2. The number of ether oxygens (including phenoxy) is 1. The van der Waals surface area contributed by atoms with Crippen molar-refractivity contribution in [1.29, 1.82) is 0 Å². The molecule has 0 aromatic heterocycles. The molecule has 0 N–H and O–H groups in total. The number of hydrogen-bond donors (Lipinski definition) is 0. The summed E-state index contributed by atoms with van der Waals surface area (Å²) in [6, 6.07) is 15.3. The molecule has 0 bridgehead atoms. The zero-order valence-electron chi connectivity index (χ0n) is 11.3. The minimum atomic E-state index is 0.152. The Morgan fingerprint density at radius 1 is 1.00 bits per heavy atom. The first-order valence-electron chi connectivity index (χ1n) is 6.63. The van der Waals surface area contributed by atoms with Crippen molar-refractivity contribution in [1.82, 2.24) is 0 Å². The molecule has 19 heavy (non-hydrogen) atoms. The second-order valence-electron chi connectivity index (χ2n) is 4.40. The molecule has 0 aliphatic rings. The summed E-state index contributed by atoms with van der Waals surface area (Å²) in [5.41, 5.74) is 1.98. The van der Waals surface area contributed by atoms with Crippen LogP contribution in [0.5, 0.6) is 11.5 Å². The summed E-state index contributed by atoms with van der Waals surface area (Å²) in [4.78, 5) is 11.5. The van der Waals surface area contributed by atoms with Gasteiger partial charge in [-0.1, -0.05) is 26.0 Å². The van der Waals surface area contributed by atoms with Crippen LogP contribution in [-0.2, 0) is 6.42 Å². The summed E-state index contributed by atoms with van der Waals surface area (Å²) < 4.78 is 5.78. The maximum Gasteiger partial charge on any atom is 0.162 e. The maximum absolute atomic E-state index is 11.5. The van der Waals surface area contributed by atoms with Crippen LogP contribution >= 0.6 is 0 Å². The quantitative estimate of drug-likeness (QED) is 0.727. The number of carbonyl (C=O) groups is 1. The van der Waals surface area contributed by atoms with Gasteiger partial charge in [-0.25, -0.2) is 0 Å². The largest absolute Gasteiger partial charge is 0.457 e. The Hall–Kier alpha value is -2.09. The molecule has 0 aliphatic carbocycles. The van der Waals surface area contributed by atoms with Crippen molar-refractivity contribution in [3.05, 3.63) is 59.7 Å². The fourth-order valence-corrected chi connectivity index (χ4v) is 1.88. The summed E-state index contributed by atoms with van der Waals surface area (Å²) in [5, 5.41) is 0. The Labute approximate surface area is 114 Å². The van der Waals surface area contributed by atoms with Crippen molar-refractivity contribution in [2.75, 3.05) is 0 Å². The van der Waals surface area contributed by atoms with Crippen LogP contribution in [0.4, 0.5) is 0 Å². The highest BCUT2D eigenvalue weighted by atomic mass is 16.5. The van der Waals surface area contributed by atoms with Crippen molar-refractivity contribution in [2.45, 2.75) is 26.7 Å². The normalized spacial score (nSPS) is 10.2. The van der Waals surface area contributed by atoms with Crippen LogP contribution in [0.1, 0.15) is 36.2 Å². The third kappa shape index (κ3) is 3.44. The highest BCUT2D eigenvalue weighted by Crippen LogP contribution is 2.23. The molecule has 0 atom stereocenters. The fourth-order valence-electron chi connectivity index (χ4n) is 1.88. The van der Waals surface area contributed by atoms with E-state index in [2.05, 4.69) is 13.0 Å². The van der Waals surface area contributed by atoms with Crippen molar-refractivity contribution in [3.8, 4) is 11.5 Å². The number of ketones is 1. The lowest BCUT2D eigenvalue weighted by molar-refractivity contribution is 0.0988. The standard InChI is InChI=1S/C17H18O2/c1-3-13-6-5-7-16(12-13)19-15-10-8-14(9-11-15)17(18)4-2/h5-12H,3-4H2,1-2H3. The molecule has 0 saturated heterocycles. The van der Waals surface area contributed by atoms with Gasteiger partial charge in [-0.2, -0.15) is 0 Å². The van der Waals surface area contributed by atoms with Crippen LogP contribution in [0.25, 0.3) is 0 Å². The van der Waals surface area contributed by atoms with E-state index < -0.39 is 0 Å². The summed E-state index contributed by atoms with van der Waals surface area (Å²) in [5.74, 6) is 1.73. The Morgan fingerprint density at radius 3 is 2.37 bits per heavy atom. The molecule has 98 valence electrons. The molecule has 2 aromatic carbocycles. The van der Waals surface area contributed by atoms with Crippen LogP contribution in [-0.4, -0.2) is 5.78 Å². The Bertz CT molecular complexity index is 556. The first-order valence-corrected chi connectivity index (χ1v) is 6.63. The molecule has 0 amide bonds. The van der Waals surface area contributed by atoms with Crippen molar-refractivity contribution < 1.29 is 9.53 Å². The number of aryl methyl sites for hydroxylation is 1. The Morgan fingerprint density at radius 2 is 1.74 bits per heavy atom. The van der Waals surface area contributed by atoms with Crippen molar-refractivity contribution in [2.24, 2.45) is 0 Å². The molecule has 0 fully saturated rings. The highest BCUT2D eigenvalue weighted by molar-refractivity contribution is 5.95. The molecule has 0 aliphatic heterocycles. The van der Waals surface area contributed by atoms with Gasteiger partial charge in [0.2, 0.25) is 0 Å². The molecular formula is C17H18O2. The van der Waals surface area contributed by atoms with E-state index in [-0.39, 0.29) is 5.78 Å². The number of rotatable bonds is 5. The Balaban J connectivity index is 2.12. The zero-order valence-corrected chi connectivity index (χ0v) is 11.3. The van der Waals surface area contributed by atoms with Crippen LogP contribution in [0.3, 0.4) is 0 Å². The van der Waals surface area contributed by atoms with Crippen LogP contribution in [0.15, 0.2) is 48.5 Å². The zero-order chi connectivity index (χ0) is 13.7. The lowest BCUT2D eigenvalue weighted by Crippen LogP contribution is -1.95. The van der Waals surface area contributed by atoms with Gasteiger partial charge in [0.1, 0.15) is 11.5 Å². The number of benzene rings is 2. The molecule has 0 heterocycles. The minimum absolute atomic E-state index is 0.152.